The Morgan fingerprint density at radius 3 is 2.54 bits per heavy atom. The first-order valence-electron chi connectivity index (χ1n) is 8.31. The highest BCUT2D eigenvalue weighted by Crippen LogP contribution is 2.35. The van der Waals surface area contributed by atoms with E-state index in [4.69, 9.17) is 10.5 Å². The lowest BCUT2D eigenvalue weighted by molar-refractivity contribution is -0.123. The monoisotopic (exact) mass is 405 g/mol. The predicted octanol–water partition coefficient (Wildman–Crippen LogP) is 3.96. The summed E-state index contributed by atoms with van der Waals surface area (Å²) in [6, 6.07) is 5.03. The first-order valence-corrected chi connectivity index (χ1v) is 9.12. The number of nitrogens with zero attached hydrogens (tertiary/aromatic N) is 1. The van der Waals surface area contributed by atoms with Crippen LogP contribution in [0.5, 0.6) is 0 Å². The van der Waals surface area contributed by atoms with E-state index in [1.54, 1.807) is 0 Å². The van der Waals surface area contributed by atoms with Gasteiger partial charge in [-0.2, -0.15) is 0 Å². The number of rotatable bonds is 4. The van der Waals surface area contributed by atoms with Gasteiger partial charge in [-0.05, 0) is 44.5 Å². The molecule has 0 saturated carbocycles. The van der Waals surface area contributed by atoms with Crippen molar-refractivity contribution in [3.8, 4) is 0 Å². The second-order valence-corrected chi connectivity index (χ2v) is 7.24. The number of carbonyl (C=O) groups excluding carboxylic acids is 2. The Hall–Kier alpha value is -3.07. The Morgan fingerprint density at radius 2 is 1.89 bits per heavy atom. The van der Waals surface area contributed by atoms with Crippen LogP contribution in [-0.2, 0) is 9.53 Å². The van der Waals surface area contributed by atoms with Crippen molar-refractivity contribution in [2.24, 2.45) is 0 Å². The van der Waals surface area contributed by atoms with Crippen LogP contribution in [-0.4, -0.2) is 23.0 Å². The number of benzene rings is 1. The van der Waals surface area contributed by atoms with Crippen molar-refractivity contribution < 1.29 is 23.1 Å². The van der Waals surface area contributed by atoms with Crippen LogP contribution < -0.4 is 11.1 Å². The Kier molecular flexibility index (Phi) is 5.28. The largest absolute Gasteiger partial charge is 0.448 e. The minimum Gasteiger partial charge on any atom is -0.448 e. The molecule has 0 spiro atoms. The number of amides is 1. The van der Waals surface area contributed by atoms with Crippen molar-refractivity contribution in [1.82, 2.24) is 4.98 Å². The zero-order valence-electron chi connectivity index (χ0n) is 15.3. The third-order valence-electron chi connectivity index (χ3n) is 4.07. The molecule has 2 heterocycles. The summed E-state index contributed by atoms with van der Waals surface area (Å²) in [7, 11) is 0. The maximum absolute atomic E-state index is 13.7. The summed E-state index contributed by atoms with van der Waals surface area (Å²) in [5.41, 5.74) is 7.35. The minimum atomic E-state index is -1.30. The molecular formula is C19H17F2N3O3S. The summed E-state index contributed by atoms with van der Waals surface area (Å²) in [5, 5.41) is 2.75. The number of esters is 1. The molecule has 0 unspecified atom stereocenters. The van der Waals surface area contributed by atoms with E-state index in [1.165, 1.54) is 13.0 Å². The van der Waals surface area contributed by atoms with Crippen LogP contribution >= 0.6 is 11.3 Å². The van der Waals surface area contributed by atoms with Crippen molar-refractivity contribution in [1.29, 1.82) is 0 Å². The van der Waals surface area contributed by atoms with Crippen molar-refractivity contribution in [2.75, 3.05) is 11.1 Å². The van der Waals surface area contributed by atoms with E-state index in [0.717, 1.165) is 34.7 Å². The van der Waals surface area contributed by atoms with Crippen molar-refractivity contribution >= 4 is 44.8 Å². The van der Waals surface area contributed by atoms with E-state index < -0.39 is 35.3 Å². The fourth-order valence-electron chi connectivity index (χ4n) is 2.73. The number of para-hydroxylation sites is 1. The molecular weight excluding hydrogens is 388 g/mol. The second kappa shape index (κ2) is 7.51. The first kappa shape index (κ1) is 19.7. The van der Waals surface area contributed by atoms with E-state index >= 15 is 0 Å². The highest BCUT2D eigenvalue weighted by molar-refractivity contribution is 7.21. The van der Waals surface area contributed by atoms with Gasteiger partial charge in [0.15, 0.2) is 6.10 Å². The molecule has 28 heavy (non-hydrogen) atoms. The number of hydrogen-bond donors (Lipinski definition) is 2. The van der Waals surface area contributed by atoms with Crippen LogP contribution in [0.3, 0.4) is 0 Å². The third-order valence-corrected chi connectivity index (χ3v) is 5.15. The van der Waals surface area contributed by atoms with Crippen LogP contribution in [0.25, 0.3) is 10.2 Å². The van der Waals surface area contributed by atoms with Gasteiger partial charge in [0, 0.05) is 11.1 Å². The number of aromatic nitrogens is 1. The Balaban J connectivity index is 1.79. The summed E-state index contributed by atoms with van der Waals surface area (Å²) >= 11 is 1.06. The topological polar surface area (TPSA) is 94.3 Å². The zero-order chi connectivity index (χ0) is 20.6. The van der Waals surface area contributed by atoms with Gasteiger partial charge >= 0.3 is 5.97 Å². The van der Waals surface area contributed by atoms with Crippen molar-refractivity contribution in [2.45, 2.75) is 26.9 Å². The highest BCUT2D eigenvalue weighted by Gasteiger charge is 2.25. The zero-order valence-corrected chi connectivity index (χ0v) is 16.1. The number of ether oxygens (including phenoxy) is 1. The number of anilines is 2. The number of pyridine rings is 1. The maximum atomic E-state index is 13.7. The first-order chi connectivity index (χ1) is 13.2. The number of nitrogens with one attached hydrogen (secondary N) is 1. The van der Waals surface area contributed by atoms with Gasteiger partial charge in [-0.1, -0.05) is 6.07 Å². The fourth-order valence-corrected chi connectivity index (χ4v) is 3.83. The van der Waals surface area contributed by atoms with E-state index in [1.807, 2.05) is 19.9 Å². The van der Waals surface area contributed by atoms with Gasteiger partial charge in [-0.3, -0.25) is 4.79 Å². The molecule has 3 rings (SSSR count). The van der Waals surface area contributed by atoms with Crippen LogP contribution in [0.1, 0.15) is 27.9 Å². The summed E-state index contributed by atoms with van der Waals surface area (Å²) in [4.78, 5) is 29.7. The molecule has 1 aromatic carbocycles. The number of thiophene rings is 1. The molecule has 2 aromatic heterocycles. The molecule has 0 bridgehead atoms. The number of halogens is 2. The SMILES string of the molecule is Cc1cc(C)c2c(N)c(C(=O)O[C@H](C)C(=O)Nc3c(F)cccc3F)sc2n1. The average molecular weight is 405 g/mol. The molecule has 1 amide bonds. The summed E-state index contributed by atoms with van der Waals surface area (Å²) in [6.07, 6.45) is -1.30. The maximum Gasteiger partial charge on any atom is 0.351 e. The Morgan fingerprint density at radius 1 is 1.25 bits per heavy atom. The third kappa shape index (κ3) is 3.65. The van der Waals surface area contributed by atoms with Gasteiger partial charge in [0.25, 0.3) is 5.91 Å². The molecule has 0 aliphatic heterocycles. The number of carbonyl (C=O) groups is 2. The minimum absolute atomic E-state index is 0.118. The number of nitrogen functional groups attached to an aromatic ring is 1. The molecule has 0 aliphatic carbocycles. The van der Waals surface area contributed by atoms with Gasteiger partial charge in [0.2, 0.25) is 0 Å². The predicted molar refractivity (Wildman–Crippen MR) is 103 cm³/mol. The smallest absolute Gasteiger partial charge is 0.351 e. The van der Waals surface area contributed by atoms with E-state index in [0.29, 0.717) is 10.2 Å². The molecule has 0 saturated heterocycles. The normalized spacial score (nSPS) is 12.0. The number of fused-ring (bicyclic) bond motifs is 1. The van der Waals surface area contributed by atoms with Gasteiger partial charge in [-0.25, -0.2) is 18.6 Å². The molecule has 3 aromatic rings. The number of nitrogens with two attached hydrogens (primary N) is 1. The Labute approximate surface area is 163 Å². The quantitative estimate of drug-likeness (QED) is 0.641. The van der Waals surface area contributed by atoms with Crippen LogP contribution in [0.15, 0.2) is 24.3 Å². The van der Waals surface area contributed by atoms with E-state index in [9.17, 15) is 18.4 Å². The molecule has 146 valence electrons. The van der Waals surface area contributed by atoms with Gasteiger partial charge < -0.3 is 15.8 Å². The molecule has 6 nitrogen and oxygen atoms in total. The van der Waals surface area contributed by atoms with E-state index in [2.05, 4.69) is 10.3 Å². The fraction of sp³-hybridized carbons (Fsp3) is 0.211. The average Bonchev–Trinajstić information content (AvgIpc) is 2.94. The lowest BCUT2D eigenvalue weighted by Gasteiger charge is -2.14. The molecule has 1 atom stereocenters. The highest BCUT2D eigenvalue weighted by atomic mass is 32.1. The van der Waals surface area contributed by atoms with Crippen molar-refractivity contribution in [3.05, 3.63) is 52.0 Å². The lowest BCUT2D eigenvalue weighted by Crippen LogP contribution is -2.30. The molecule has 0 aliphatic rings. The molecule has 0 radical (unpaired) electrons. The van der Waals surface area contributed by atoms with Crippen LogP contribution in [0.4, 0.5) is 20.2 Å². The summed E-state index contributed by atoms with van der Waals surface area (Å²) in [5.74, 6) is -3.55. The van der Waals surface area contributed by atoms with Gasteiger partial charge in [0.1, 0.15) is 27.0 Å². The lowest BCUT2D eigenvalue weighted by atomic mass is 10.1. The Bertz CT molecular complexity index is 1080. The van der Waals surface area contributed by atoms with E-state index in [-0.39, 0.29) is 10.6 Å². The van der Waals surface area contributed by atoms with Gasteiger partial charge in [0.05, 0.1) is 5.69 Å². The molecule has 0 fully saturated rings. The van der Waals surface area contributed by atoms with Crippen LogP contribution in [0.2, 0.25) is 0 Å². The molecule has 3 N–H and O–H groups in total. The van der Waals surface area contributed by atoms with Crippen molar-refractivity contribution in [3.63, 3.8) is 0 Å². The standard InChI is InChI=1S/C19H17F2N3O3S/c1-8-7-9(2)23-18-13(8)14(22)16(28-18)19(26)27-10(3)17(25)24-15-11(20)5-4-6-12(15)21/h4-7,10H,22H2,1-3H3,(H,24,25)/t10-/m1/s1. The second-order valence-electron chi connectivity index (χ2n) is 6.24. The van der Waals surface area contributed by atoms with Crippen LogP contribution in [0, 0.1) is 25.5 Å². The summed E-state index contributed by atoms with van der Waals surface area (Å²) < 4.78 is 32.5. The number of aryl methyl sites for hydroxylation is 2. The van der Waals surface area contributed by atoms with Gasteiger partial charge in [-0.15, -0.1) is 11.3 Å². The number of hydrogen-bond acceptors (Lipinski definition) is 6. The summed E-state index contributed by atoms with van der Waals surface area (Å²) in [6.45, 7) is 4.98. The molecule has 9 heteroatoms.